The molecule has 0 unspecified atom stereocenters. The van der Waals surface area contributed by atoms with Crippen LogP contribution in [0.15, 0.2) is 0 Å². The van der Waals surface area contributed by atoms with Crippen LogP contribution in [0.4, 0.5) is 0 Å². The summed E-state index contributed by atoms with van der Waals surface area (Å²) >= 11 is 0.662. The molecule has 4 heteroatoms. The molecule has 0 saturated heterocycles. The Morgan fingerprint density at radius 3 is 2.20 bits per heavy atom. The van der Waals surface area contributed by atoms with E-state index in [9.17, 15) is 0 Å². The van der Waals surface area contributed by atoms with Crippen molar-refractivity contribution >= 4 is 11.9 Å². The van der Waals surface area contributed by atoms with Gasteiger partial charge in [0.1, 0.15) is 5.40 Å². The van der Waals surface area contributed by atoms with E-state index in [4.69, 9.17) is 5.26 Å². The normalized spacial score (nSPS) is 4.00. The average Bonchev–Trinajstić information content (AvgIpc) is 1.37. The number of thiocyanates is 1. The fourth-order valence-electron chi connectivity index (χ4n) is 0. The van der Waals surface area contributed by atoms with Gasteiger partial charge in [-0.05, 0) is 0 Å². The third kappa shape index (κ3) is 11.6. The first-order valence-corrected chi connectivity index (χ1v) is 1.54. The Labute approximate surface area is 58.6 Å². The molecule has 0 bridgehead atoms. The van der Waals surface area contributed by atoms with E-state index < -0.39 is 0 Å². The Morgan fingerprint density at radius 2 is 2.20 bits per heavy atom. The van der Waals surface area contributed by atoms with Gasteiger partial charge < -0.3 is 1.43 Å². The predicted molar refractivity (Wildman–Crippen MR) is 18.5 cm³/mol. The number of nitriles is 1. The van der Waals surface area contributed by atoms with Gasteiger partial charge in [-0.25, -0.2) is 0 Å². The molecular weight excluding hydrogens is 95.1 g/mol. The van der Waals surface area contributed by atoms with E-state index in [2.05, 4.69) is 5.14 Å². The minimum Gasteiger partial charge on any atom is -1.00 e. The number of hydrogen-bond acceptors (Lipinski definition) is 3. The van der Waals surface area contributed by atoms with E-state index in [1.807, 2.05) is 0 Å². The summed E-state index contributed by atoms with van der Waals surface area (Å²) in [6, 6.07) is 0. The van der Waals surface area contributed by atoms with Crippen molar-refractivity contribution in [2.75, 3.05) is 0 Å². The van der Waals surface area contributed by atoms with Gasteiger partial charge in [0.05, 0.1) is 0 Å². The minimum atomic E-state index is 0. The zero-order valence-corrected chi connectivity index (χ0v) is 5.75. The van der Waals surface area contributed by atoms with Gasteiger partial charge in [0.2, 0.25) is 0 Å². The summed E-state index contributed by atoms with van der Waals surface area (Å²) in [5, 5.41) is 13.7. The molecule has 0 aromatic rings. The number of nitrogens with two attached hydrogens (primary N) is 1. The van der Waals surface area contributed by atoms with E-state index in [-0.39, 0.29) is 31.0 Å². The summed E-state index contributed by atoms with van der Waals surface area (Å²) in [4.78, 5) is 0. The van der Waals surface area contributed by atoms with Gasteiger partial charge in [0.15, 0.2) is 0 Å². The second-order valence-corrected chi connectivity index (χ2v) is 0.627. The molecule has 24 valence electrons. The van der Waals surface area contributed by atoms with Crippen molar-refractivity contribution in [2.24, 2.45) is 5.14 Å². The van der Waals surface area contributed by atoms with Crippen molar-refractivity contribution in [3.8, 4) is 5.40 Å². The molecule has 0 aliphatic heterocycles. The molecule has 0 aliphatic rings. The Bertz CT molecular complexity index is 43.3. The number of rotatable bonds is 0. The van der Waals surface area contributed by atoms with Gasteiger partial charge in [-0.3, -0.25) is 5.14 Å². The van der Waals surface area contributed by atoms with Crippen molar-refractivity contribution in [3.05, 3.63) is 0 Å². The minimum absolute atomic E-state index is 0. The molecule has 5 heavy (non-hydrogen) atoms. The maximum atomic E-state index is 7.46. The van der Waals surface area contributed by atoms with Crippen molar-refractivity contribution in [2.45, 2.75) is 0 Å². The zero-order chi connectivity index (χ0) is 3.41. The Hall–Kier alpha value is 0.800. The topological polar surface area (TPSA) is 49.8 Å². The first-order valence-electron chi connectivity index (χ1n) is 0.663. The smallest absolute Gasteiger partial charge is 1.00 e. The molecule has 0 aromatic carbocycles. The first-order chi connectivity index (χ1) is 1.91. The fourth-order valence-corrected chi connectivity index (χ4v) is 0. The molecule has 0 aromatic heterocycles. The second kappa shape index (κ2) is 8.84. The van der Waals surface area contributed by atoms with Crippen LogP contribution in [0.2, 0.25) is 0 Å². The largest absolute Gasteiger partial charge is 1.00 e. The third-order valence-corrected chi connectivity index (χ3v) is 0.158. The third-order valence-electron chi connectivity index (χ3n) is 0.0527. The number of nitrogens with zero attached hydrogens (tertiary/aromatic N) is 1. The molecule has 0 amide bonds. The summed E-state index contributed by atoms with van der Waals surface area (Å²) in [6.07, 6.45) is 0. The summed E-state index contributed by atoms with van der Waals surface area (Å²) in [7, 11) is 0. The van der Waals surface area contributed by atoms with Crippen molar-refractivity contribution in [1.82, 2.24) is 0 Å². The Balaban J connectivity index is -0.0000000450. The van der Waals surface area contributed by atoms with E-state index in [0.717, 1.165) is 0 Å². The second-order valence-electron chi connectivity index (χ2n) is 0.209. The number of hydrogen-bond donors (Lipinski definition) is 1. The van der Waals surface area contributed by atoms with Gasteiger partial charge in [-0.2, -0.15) is 5.26 Å². The molecule has 2 nitrogen and oxygen atoms in total. The van der Waals surface area contributed by atoms with Gasteiger partial charge in [-0.1, -0.05) is 0 Å². The molecule has 0 spiro atoms. The van der Waals surface area contributed by atoms with Gasteiger partial charge in [0.25, 0.3) is 0 Å². The van der Waals surface area contributed by atoms with Crippen LogP contribution in [0.1, 0.15) is 1.43 Å². The van der Waals surface area contributed by atoms with Gasteiger partial charge >= 0.3 is 29.6 Å². The molecule has 0 aliphatic carbocycles. The molecule has 0 rings (SSSR count). The fraction of sp³-hybridized carbons (Fsp3) is 0. The summed E-state index contributed by atoms with van der Waals surface area (Å²) in [6.45, 7) is 0. The molecule has 0 radical (unpaired) electrons. The average molecular weight is 98.1 g/mol. The zero-order valence-electron chi connectivity index (χ0n) is 3.93. The van der Waals surface area contributed by atoms with Crippen LogP contribution in [-0.4, -0.2) is 0 Å². The van der Waals surface area contributed by atoms with Crippen LogP contribution in [0.3, 0.4) is 0 Å². The van der Waals surface area contributed by atoms with Crippen LogP contribution in [0.5, 0.6) is 0 Å². The van der Waals surface area contributed by atoms with E-state index >= 15 is 0 Å². The van der Waals surface area contributed by atoms with Gasteiger partial charge in [-0.15, -0.1) is 0 Å². The molecule has 0 saturated carbocycles. The standard InChI is InChI=1S/CH2N2S.Na.H/c2-1-4-3;;/h3H2;;/q;+1;-1. The quantitative estimate of drug-likeness (QED) is 0.202. The van der Waals surface area contributed by atoms with Crippen LogP contribution < -0.4 is 34.7 Å². The molecule has 2 N–H and O–H groups in total. The maximum Gasteiger partial charge on any atom is 1.00 e. The summed E-state index contributed by atoms with van der Waals surface area (Å²) in [5.74, 6) is 0. The van der Waals surface area contributed by atoms with Crippen LogP contribution in [-0.2, 0) is 0 Å². The predicted octanol–water partition coefficient (Wildman–Crippen LogP) is -2.81. The Kier molecular flexibility index (Phi) is 16.4. The van der Waals surface area contributed by atoms with E-state index in [0.29, 0.717) is 11.9 Å². The molecule has 0 atom stereocenters. The molecule has 0 heterocycles. The van der Waals surface area contributed by atoms with E-state index in [1.165, 1.54) is 0 Å². The van der Waals surface area contributed by atoms with Crippen LogP contribution >= 0.6 is 11.9 Å². The monoisotopic (exact) mass is 98.0 g/mol. The summed E-state index contributed by atoms with van der Waals surface area (Å²) in [5.41, 5.74) is 0. The van der Waals surface area contributed by atoms with Crippen LogP contribution in [0.25, 0.3) is 0 Å². The van der Waals surface area contributed by atoms with Crippen LogP contribution in [0, 0.1) is 10.7 Å². The van der Waals surface area contributed by atoms with Crippen molar-refractivity contribution < 1.29 is 31.0 Å². The SMILES string of the molecule is N#CSN.[H-].[Na+]. The maximum absolute atomic E-state index is 7.46. The molecule has 0 fully saturated rings. The molecular formula is CH3N2NaS. The van der Waals surface area contributed by atoms with E-state index in [1.54, 1.807) is 5.40 Å². The summed E-state index contributed by atoms with van der Waals surface area (Å²) < 4.78 is 0. The first kappa shape index (κ1) is 9.25. The van der Waals surface area contributed by atoms with Gasteiger partial charge in [0, 0.05) is 11.9 Å². The van der Waals surface area contributed by atoms with Crippen molar-refractivity contribution in [1.29, 1.82) is 5.26 Å². The van der Waals surface area contributed by atoms with Crippen molar-refractivity contribution in [3.63, 3.8) is 0 Å². The Morgan fingerprint density at radius 1 is 2.00 bits per heavy atom.